The third-order valence-electron chi connectivity index (χ3n) is 10.8. The number of amides is 1. The fourth-order valence-corrected chi connectivity index (χ4v) is 11.3. The van der Waals surface area contributed by atoms with E-state index in [4.69, 9.17) is 14.2 Å². The van der Waals surface area contributed by atoms with Crippen molar-refractivity contribution in [2.45, 2.75) is 75.1 Å². The van der Waals surface area contributed by atoms with E-state index < -0.39 is 48.5 Å². The van der Waals surface area contributed by atoms with E-state index in [1.807, 2.05) is 52.8 Å². The second kappa shape index (κ2) is 17.3. The first-order valence-corrected chi connectivity index (χ1v) is 23.8. The Kier molecular flexibility index (Phi) is 12.6. The highest BCUT2D eigenvalue weighted by Gasteiger charge is 2.43. The van der Waals surface area contributed by atoms with Crippen LogP contribution in [-0.2, 0) is 24.8 Å². The molecule has 0 aromatic heterocycles. The SMILES string of the molecule is CC(C)(C)OC(=O)N1CCN(c2cccc3c2OC(C)(C)CN3S(=O)(=O)c2ccccc2F)CC1.CC1(C)CN(S(=O)(=O)c2ccccc2F)c2cccc(N3CCNCC3)c2O1. The van der Waals surface area contributed by atoms with Crippen LogP contribution in [0, 0.1) is 11.6 Å². The van der Waals surface area contributed by atoms with Gasteiger partial charge in [0.25, 0.3) is 20.0 Å². The maximum atomic E-state index is 14.5. The molecule has 2 fully saturated rings. The summed E-state index contributed by atoms with van der Waals surface area (Å²) in [6, 6.07) is 21.6. The smallest absolute Gasteiger partial charge is 0.410 e. The minimum absolute atomic E-state index is 0.0343. The zero-order valence-corrected chi connectivity index (χ0v) is 38.4. The summed E-state index contributed by atoms with van der Waals surface area (Å²) in [6.07, 6.45) is -0.355. The number of piperazine rings is 2. The van der Waals surface area contributed by atoms with Gasteiger partial charge in [-0.3, -0.25) is 8.61 Å². The first-order chi connectivity index (χ1) is 29.6. The summed E-state index contributed by atoms with van der Waals surface area (Å²) in [6.45, 7) is 18.2. The number of carbonyl (C=O) groups excluding carboxylic acids is 1. The van der Waals surface area contributed by atoms with Gasteiger partial charge >= 0.3 is 6.09 Å². The zero-order valence-electron chi connectivity index (χ0n) is 36.7. The number of anilines is 4. The second-order valence-electron chi connectivity index (χ2n) is 18.0. The summed E-state index contributed by atoms with van der Waals surface area (Å²) in [4.78, 5) is 17.7. The Bertz CT molecular complexity index is 2560. The molecule has 340 valence electrons. The van der Waals surface area contributed by atoms with E-state index in [2.05, 4.69) is 15.1 Å². The number of nitrogens with one attached hydrogen (secondary N) is 1. The number of sulfonamides is 2. The number of fused-ring (bicyclic) bond motifs is 2. The summed E-state index contributed by atoms with van der Waals surface area (Å²) in [5.41, 5.74) is 0.223. The summed E-state index contributed by atoms with van der Waals surface area (Å²) in [5.74, 6) is -0.602. The molecule has 0 spiro atoms. The molecule has 4 aromatic carbocycles. The molecule has 0 unspecified atom stereocenters. The van der Waals surface area contributed by atoms with Crippen LogP contribution < -0.4 is 33.2 Å². The van der Waals surface area contributed by atoms with Gasteiger partial charge < -0.3 is 34.2 Å². The van der Waals surface area contributed by atoms with Gasteiger partial charge in [-0.2, -0.15) is 0 Å². The predicted octanol–water partition coefficient (Wildman–Crippen LogP) is 6.85. The number of ether oxygens (including phenoxy) is 3. The lowest BCUT2D eigenvalue weighted by Crippen LogP contribution is -2.52. The average molecular weight is 911 g/mol. The van der Waals surface area contributed by atoms with Gasteiger partial charge in [-0.25, -0.2) is 30.4 Å². The number of rotatable bonds is 6. The highest BCUT2D eigenvalue weighted by atomic mass is 32.2. The molecule has 8 rings (SSSR count). The molecule has 4 aliphatic rings. The first kappa shape index (κ1) is 45.7. The topological polar surface area (TPSA) is 141 Å². The Morgan fingerprint density at radius 1 is 0.603 bits per heavy atom. The number of carbonyl (C=O) groups is 1. The lowest BCUT2D eigenvalue weighted by atomic mass is 10.1. The van der Waals surface area contributed by atoms with Gasteiger partial charge in [0.05, 0.1) is 35.8 Å². The van der Waals surface area contributed by atoms with Crippen molar-refractivity contribution in [3.63, 3.8) is 0 Å². The Balaban J connectivity index is 0.000000193. The van der Waals surface area contributed by atoms with Gasteiger partial charge in [0.1, 0.15) is 38.2 Å². The van der Waals surface area contributed by atoms with Crippen LogP contribution in [0.5, 0.6) is 11.5 Å². The van der Waals surface area contributed by atoms with Crippen molar-refractivity contribution in [3.05, 3.63) is 96.6 Å². The lowest BCUT2D eigenvalue weighted by Gasteiger charge is -2.43. The molecule has 1 N–H and O–H groups in total. The molecular weight excluding hydrogens is 855 g/mol. The molecule has 14 nitrogen and oxygen atoms in total. The first-order valence-electron chi connectivity index (χ1n) is 21.0. The van der Waals surface area contributed by atoms with Gasteiger partial charge in [-0.05, 0) is 97.0 Å². The third kappa shape index (κ3) is 9.77. The highest BCUT2D eigenvalue weighted by molar-refractivity contribution is 7.93. The van der Waals surface area contributed by atoms with Crippen molar-refractivity contribution in [1.82, 2.24) is 10.2 Å². The van der Waals surface area contributed by atoms with Crippen LogP contribution in [0.2, 0.25) is 0 Å². The van der Waals surface area contributed by atoms with E-state index in [1.165, 1.54) is 45.0 Å². The predicted molar refractivity (Wildman–Crippen MR) is 239 cm³/mol. The van der Waals surface area contributed by atoms with Crippen molar-refractivity contribution >= 4 is 48.9 Å². The van der Waals surface area contributed by atoms with Gasteiger partial charge in [0.2, 0.25) is 0 Å². The van der Waals surface area contributed by atoms with Gasteiger partial charge in [-0.1, -0.05) is 36.4 Å². The standard InChI is InChI=1S/C25H32FN3O5S.C20H24FN3O3S/c1-24(2,3)34-23(30)28-15-13-27(14-16-28)19-10-8-11-20-22(19)33-25(4,5)17-29(20)35(31,32)21-12-7-6-9-18(21)26;1-20(2)14-24(28(25,26)18-9-4-3-6-15(18)21)17-8-5-7-16(19(17)27-20)23-12-10-22-11-13-23/h6-12H,13-17H2,1-5H3;3-9,22H,10-14H2,1-2H3. The van der Waals surface area contributed by atoms with Crippen molar-refractivity contribution < 1.29 is 44.6 Å². The normalized spacial score (nSPS) is 18.5. The van der Waals surface area contributed by atoms with Crippen LogP contribution in [0.3, 0.4) is 0 Å². The summed E-state index contributed by atoms with van der Waals surface area (Å²) in [5, 5.41) is 3.31. The Morgan fingerprint density at radius 3 is 1.41 bits per heavy atom. The number of halogens is 2. The molecule has 0 saturated carbocycles. The van der Waals surface area contributed by atoms with Crippen molar-refractivity contribution in [1.29, 1.82) is 0 Å². The molecule has 1 amide bonds. The second-order valence-corrected chi connectivity index (χ2v) is 21.7. The average Bonchev–Trinajstić information content (AvgIpc) is 3.22. The number of hydrogen-bond donors (Lipinski definition) is 1. The van der Waals surface area contributed by atoms with E-state index in [-0.39, 0.29) is 29.0 Å². The largest absolute Gasteiger partial charge is 0.482 e. The quantitative estimate of drug-likeness (QED) is 0.217. The summed E-state index contributed by atoms with van der Waals surface area (Å²) >= 11 is 0. The maximum absolute atomic E-state index is 14.5. The molecule has 4 heterocycles. The summed E-state index contributed by atoms with van der Waals surface area (Å²) in [7, 11) is -8.25. The molecule has 0 bridgehead atoms. The van der Waals surface area contributed by atoms with Crippen molar-refractivity contribution in [2.24, 2.45) is 0 Å². The van der Waals surface area contributed by atoms with Crippen LogP contribution in [0.4, 0.5) is 36.3 Å². The van der Waals surface area contributed by atoms with Crippen LogP contribution in [0.15, 0.2) is 94.7 Å². The zero-order chi connectivity index (χ0) is 45.5. The minimum atomic E-state index is -4.17. The fraction of sp³-hybridized carbons (Fsp3) is 0.444. The monoisotopic (exact) mass is 910 g/mol. The lowest BCUT2D eigenvalue weighted by molar-refractivity contribution is 0.0240. The van der Waals surface area contributed by atoms with Gasteiger partial charge in [0, 0.05) is 52.4 Å². The number of benzene rings is 4. The molecule has 0 atom stereocenters. The van der Waals surface area contributed by atoms with Crippen molar-refractivity contribution in [3.8, 4) is 11.5 Å². The van der Waals surface area contributed by atoms with Gasteiger partial charge in [0.15, 0.2) is 11.5 Å². The van der Waals surface area contributed by atoms with E-state index in [1.54, 1.807) is 36.9 Å². The molecule has 2 saturated heterocycles. The Labute approximate surface area is 369 Å². The van der Waals surface area contributed by atoms with Crippen LogP contribution in [-0.4, -0.2) is 110 Å². The van der Waals surface area contributed by atoms with E-state index in [0.717, 1.165) is 49.7 Å². The number of hydrogen-bond acceptors (Lipinski definition) is 11. The number of para-hydroxylation sites is 2. The van der Waals surface area contributed by atoms with E-state index in [0.29, 0.717) is 49.1 Å². The Morgan fingerprint density at radius 2 is 1.00 bits per heavy atom. The van der Waals surface area contributed by atoms with E-state index >= 15 is 0 Å². The molecule has 0 aliphatic carbocycles. The van der Waals surface area contributed by atoms with Gasteiger partial charge in [-0.15, -0.1) is 0 Å². The maximum Gasteiger partial charge on any atom is 0.410 e. The fourth-order valence-electron chi connectivity index (χ4n) is 7.94. The molecule has 0 radical (unpaired) electrons. The highest BCUT2D eigenvalue weighted by Crippen LogP contribution is 2.48. The molecular formula is C45H56F2N6O8S2. The van der Waals surface area contributed by atoms with Crippen LogP contribution in [0.25, 0.3) is 0 Å². The van der Waals surface area contributed by atoms with Crippen molar-refractivity contribution in [2.75, 3.05) is 83.9 Å². The Hall–Kier alpha value is -5.33. The number of nitrogens with zero attached hydrogens (tertiary/aromatic N) is 5. The van der Waals surface area contributed by atoms with Crippen LogP contribution >= 0.6 is 0 Å². The van der Waals surface area contributed by atoms with E-state index in [9.17, 15) is 30.4 Å². The minimum Gasteiger partial charge on any atom is -0.482 e. The summed E-state index contributed by atoms with van der Waals surface area (Å²) < 4.78 is 103. The molecule has 4 aromatic rings. The third-order valence-corrected chi connectivity index (χ3v) is 14.4. The van der Waals surface area contributed by atoms with Crippen LogP contribution in [0.1, 0.15) is 48.5 Å². The molecule has 63 heavy (non-hydrogen) atoms. The molecule has 4 aliphatic heterocycles. The molecule has 18 heteroatoms.